The van der Waals surface area contributed by atoms with Gasteiger partial charge in [-0.3, -0.25) is 4.90 Å². The summed E-state index contributed by atoms with van der Waals surface area (Å²) in [5, 5.41) is 8.68. The summed E-state index contributed by atoms with van der Waals surface area (Å²) in [6, 6.07) is 2.42. The van der Waals surface area contributed by atoms with Crippen molar-refractivity contribution in [1.82, 2.24) is 4.90 Å². The molecule has 0 N–H and O–H groups in total. The molecule has 3 atom stereocenters. The highest BCUT2D eigenvalue weighted by Crippen LogP contribution is 2.28. The number of sulfone groups is 1. The Hall–Kier alpha value is -0.640. The van der Waals surface area contributed by atoms with Crippen molar-refractivity contribution < 1.29 is 13.2 Å². The van der Waals surface area contributed by atoms with E-state index in [4.69, 9.17) is 10.00 Å². The van der Waals surface area contributed by atoms with E-state index in [0.717, 1.165) is 25.8 Å². The van der Waals surface area contributed by atoms with Crippen molar-refractivity contribution in [3.63, 3.8) is 0 Å². The van der Waals surface area contributed by atoms with Crippen LogP contribution in [0.2, 0.25) is 0 Å². The van der Waals surface area contributed by atoms with Gasteiger partial charge in [-0.2, -0.15) is 5.26 Å². The Morgan fingerprint density at radius 1 is 1.39 bits per heavy atom. The van der Waals surface area contributed by atoms with E-state index in [0.29, 0.717) is 25.6 Å². The zero-order valence-corrected chi connectivity index (χ0v) is 11.5. The number of nitriles is 1. The molecule has 3 unspecified atom stereocenters. The van der Waals surface area contributed by atoms with E-state index in [1.54, 1.807) is 0 Å². The van der Waals surface area contributed by atoms with Crippen molar-refractivity contribution >= 4 is 9.84 Å². The maximum atomic E-state index is 11.6. The van der Waals surface area contributed by atoms with E-state index in [-0.39, 0.29) is 11.4 Å². The molecule has 2 aliphatic rings. The first-order valence-electron chi connectivity index (χ1n) is 6.45. The second-order valence-corrected chi connectivity index (χ2v) is 7.58. The zero-order valence-electron chi connectivity index (χ0n) is 10.7. The fraction of sp³-hybridized carbons (Fsp3) is 0.917. The van der Waals surface area contributed by atoms with E-state index in [1.807, 2.05) is 0 Å². The molecule has 0 aromatic heterocycles. The Balaban J connectivity index is 1.99. The molecule has 1 saturated carbocycles. The number of hydrogen-bond acceptors (Lipinski definition) is 5. The van der Waals surface area contributed by atoms with E-state index in [9.17, 15) is 8.42 Å². The van der Waals surface area contributed by atoms with Crippen LogP contribution in [0, 0.1) is 11.3 Å². The highest BCUT2D eigenvalue weighted by molar-refractivity contribution is 7.91. The molecule has 2 rings (SSSR count). The third kappa shape index (κ3) is 3.22. The minimum atomic E-state index is -2.94. The molecule has 5 nitrogen and oxygen atoms in total. The minimum Gasteiger partial charge on any atom is -0.361 e. The Labute approximate surface area is 109 Å². The van der Waals surface area contributed by atoms with E-state index in [2.05, 4.69) is 11.0 Å². The summed E-state index contributed by atoms with van der Waals surface area (Å²) in [6.45, 7) is 1.98. The first-order valence-corrected chi connectivity index (χ1v) is 8.40. The maximum absolute atomic E-state index is 11.6. The van der Waals surface area contributed by atoms with Crippen LogP contribution in [0.3, 0.4) is 0 Å². The third-order valence-electron chi connectivity index (χ3n) is 3.96. The van der Waals surface area contributed by atoms with E-state index < -0.39 is 9.84 Å². The molecule has 1 heterocycles. The summed E-state index contributed by atoms with van der Waals surface area (Å²) < 4.78 is 28.6. The molecule has 2 fully saturated rings. The van der Waals surface area contributed by atoms with Gasteiger partial charge in [0.2, 0.25) is 0 Å². The maximum Gasteiger partial charge on any atom is 0.156 e. The number of hydrogen-bond donors (Lipinski definition) is 0. The average Bonchev–Trinajstić information content (AvgIpc) is 2.38. The second-order valence-electron chi connectivity index (χ2n) is 5.26. The van der Waals surface area contributed by atoms with Gasteiger partial charge in [0.25, 0.3) is 0 Å². The number of morpholine rings is 1. The Bertz CT molecular complexity index is 429. The first-order chi connectivity index (χ1) is 8.50. The van der Waals surface area contributed by atoms with Crippen LogP contribution in [-0.2, 0) is 14.6 Å². The number of rotatable bonds is 2. The minimum absolute atomic E-state index is 0.209. The molecule has 18 heavy (non-hydrogen) atoms. The summed E-state index contributed by atoms with van der Waals surface area (Å²) >= 11 is 0. The van der Waals surface area contributed by atoms with Gasteiger partial charge in [0.05, 0.1) is 17.9 Å². The monoisotopic (exact) mass is 272 g/mol. The predicted molar refractivity (Wildman–Crippen MR) is 67.8 cm³/mol. The summed E-state index contributed by atoms with van der Waals surface area (Å²) in [6.07, 6.45) is 4.44. The van der Waals surface area contributed by atoms with Crippen LogP contribution in [-0.4, -0.2) is 56.7 Å². The number of ether oxygens (including phenoxy) is 1. The topological polar surface area (TPSA) is 70.4 Å². The normalized spacial score (nSPS) is 35.0. The fourth-order valence-corrected chi connectivity index (χ4v) is 4.09. The van der Waals surface area contributed by atoms with Crippen molar-refractivity contribution in [2.75, 3.05) is 26.0 Å². The molecule has 0 spiro atoms. The van der Waals surface area contributed by atoms with Gasteiger partial charge in [-0.1, -0.05) is 6.42 Å². The summed E-state index contributed by atoms with van der Waals surface area (Å²) in [5.41, 5.74) is 0. The van der Waals surface area contributed by atoms with Crippen LogP contribution in [0.25, 0.3) is 0 Å². The lowest BCUT2D eigenvalue weighted by atomic mass is 9.93. The second kappa shape index (κ2) is 5.55. The van der Waals surface area contributed by atoms with Gasteiger partial charge >= 0.3 is 0 Å². The summed E-state index contributed by atoms with van der Waals surface area (Å²) in [7, 11) is -2.94. The van der Waals surface area contributed by atoms with Crippen molar-refractivity contribution in [1.29, 1.82) is 5.26 Å². The van der Waals surface area contributed by atoms with Crippen molar-refractivity contribution in [3.05, 3.63) is 0 Å². The molecule has 0 radical (unpaired) electrons. The molecular weight excluding hydrogens is 252 g/mol. The van der Waals surface area contributed by atoms with Crippen molar-refractivity contribution in [3.8, 4) is 6.07 Å². The molecule has 0 aromatic carbocycles. The molecule has 102 valence electrons. The highest BCUT2D eigenvalue weighted by atomic mass is 32.2. The molecule has 0 aromatic rings. The standard InChI is InChI=1S/C12H20N2O3S/c1-18(15,16)12-4-2-3-10(7-12)14-5-6-17-11(8-13)9-14/h10-12H,2-7,9H2,1H3. The van der Waals surface area contributed by atoms with Crippen LogP contribution >= 0.6 is 0 Å². The van der Waals surface area contributed by atoms with Gasteiger partial charge in [0.1, 0.15) is 9.84 Å². The predicted octanol–water partition coefficient (Wildman–Crippen LogP) is 0.567. The Morgan fingerprint density at radius 2 is 2.17 bits per heavy atom. The van der Waals surface area contributed by atoms with E-state index >= 15 is 0 Å². The van der Waals surface area contributed by atoms with Gasteiger partial charge < -0.3 is 4.74 Å². The zero-order chi connectivity index (χ0) is 13.2. The lowest BCUT2D eigenvalue weighted by Gasteiger charge is -2.40. The lowest BCUT2D eigenvalue weighted by Crippen LogP contribution is -2.50. The smallest absolute Gasteiger partial charge is 0.156 e. The van der Waals surface area contributed by atoms with Crippen LogP contribution in [0.4, 0.5) is 0 Å². The van der Waals surface area contributed by atoms with Gasteiger partial charge in [-0.05, 0) is 19.3 Å². The summed E-state index contributed by atoms with van der Waals surface area (Å²) in [5.74, 6) is 0. The highest BCUT2D eigenvalue weighted by Gasteiger charge is 2.34. The molecule has 1 aliphatic carbocycles. The van der Waals surface area contributed by atoms with Crippen LogP contribution in [0.15, 0.2) is 0 Å². The Kier molecular flexibility index (Phi) is 4.25. The van der Waals surface area contributed by atoms with Gasteiger partial charge in [-0.15, -0.1) is 0 Å². The average molecular weight is 272 g/mol. The quantitative estimate of drug-likeness (QED) is 0.735. The van der Waals surface area contributed by atoms with E-state index in [1.165, 1.54) is 6.26 Å². The van der Waals surface area contributed by atoms with Crippen molar-refractivity contribution in [2.24, 2.45) is 0 Å². The van der Waals surface area contributed by atoms with Crippen LogP contribution < -0.4 is 0 Å². The molecule has 0 bridgehead atoms. The fourth-order valence-electron chi connectivity index (χ4n) is 2.92. The first kappa shape index (κ1) is 13.8. The molecule has 0 amide bonds. The lowest BCUT2D eigenvalue weighted by molar-refractivity contribution is -0.0228. The Morgan fingerprint density at radius 3 is 2.83 bits per heavy atom. The molecule has 1 aliphatic heterocycles. The molecular formula is C12H20N2O3S. The molecule has 6 heteroatoms. The number of nitrogens with zero attached hydrogens (tertiary/aromatic N) is 2. The van der Waals surface area contributed by atoms with Gasteiger partial charge in [0, 0.05) is 25.4 Å². The van der Waals surface area contributed by atoms with Crippen molar-refractivity contribution in [2.45, 2.75) is 43.1 Å². The summed E-state index contributed by atoms with van der Waals surface area (Å²) in [4.78, 5) is 2.23. The third-order valence-corrected chi connectivity index (χ3v) is 5.60. The SMILES string of the molecule is CS(=O)(=O)C1CCCC(N2CCOC(C#N)C2)C1. The van der Waals surface area contributed by atoms with Crippen LogP contribution in [0.1, 0.15) is 25.7 Å². The molecule has 1 saturated heterocycles. The van der Waals surface area contributed by atoms with Gasteiger partial charge in [-0.25, -0.2) is 8.42 Å². The van der Waals surface area contributed by atoms with Gasteiger partial charge in [0.15, 0.2) is 6.10 Å². The van der Waals surface area contributed by atoms with Crippen LogP contribution in [0.5, 0.6) is 0 Å². The largest absolute Gasteiger partial charge is 0.361 e.